The molecule has 0 aliphatic carbocycles. The fraction of sp³-hybridized carbons (Fsp3) is 0.579. The van der Waals surface area contributed by atoms with Gasteiger partial charge in [-0.3, -0.25) is 9.59 Å². The van der Waals surface area contributed by atoms with Crippen molar-refractivity contribution >= 4 is 17.4 Å². The standard InChI is InChI=1S/C19H25FN2O2/c1-14(23)18-16(20)6-5-7-17(18)21-12-8-15(9-13-21)19(24)22-10-3-2-4-11-22/h5-7,15H,2-4,8-13H2,1H3. The highest BCUT2D eigenvalue weighted by Gasteiger charge is 2.30. The molecule has 130 valence electrons. The molecule has 24 heavy (non-hydrogen) atoms. The first-order chi connectivity index (χ1) is 11.6. The van der Waals surface area contributed by atoms with Gasteiger partial charge in [-0.15, -0.1) is 0 Å². The lowest BCUT2D eigenvalue weighted by atomic mass is 9.93. The molecule has 0 aromatic heterocycles. The third kappa shape index (κ3) is 3.45. The maximum absolute atomic E-state index is 14.0. The number of likely N-dealkylation sites (tertiary alicyclic amines) is 1. The van der Waals surface area contributed by atoms with E-state index in [1.165, 1.54) is 19.4 Å². The first-order valence-electron chi connectivity index (χ1n) is 8.91. The van der Waals surface area contributed by atoms with Crippen LogP contribution in [-0.2, 0) is 4.79 Å². The minimum atomic E-state index is -0.466. The van der Waals surface area contributed by atoms with Crippen LogP contribution in [0.5, 0.6) is 0 Å². The van der Waals surface area contributed by atoms with Gasteiger partial charge in [0.15, 0.2) is 5.78 Å². The summed E-state index contributed by atoms with van der Waals surface area (Å²) in [6, 6.07) is 4.77. The molecule has 1 aromatic rings. The fourth-order valence-electron chi connectivity index (χ4n) is 3.86. The van der Waals surface area contributed by atoms with E-state index in [9.17, 15) is 14.0 Å². The van der Waals surface area contributed by atoms with Crippen LogP contribution in [0.25, 0.3) is 0 Å². The van der Waals surface area contributed by atoms with E-state index in [4.69, 9.17) is 0 Å². The van der Waals surface area contributed by atoms with Gasteiger partial charge in [0.1, 0.15) is 5.82 Å². The van der Waals surface area contributed by atoms with Crippen molar-refractivity contribution < 1.29 is 14.0 Å². The largest absolute Gasteiger partial charge is 0.371 e. The van der Waals surface area contributed by atoms with Crippen molar-refractivity contribution in [1.29, 1.82) is 0 Å². The molecule has 3 rings (SSSR count). The molecular weight excluding hydrogens is 307 g/mol. The molecule has 2 fully saturated rings. The zero-order valence-electron chi connectivity index (χ0n) is 14.3. The van der Waals surface area contributed by atoms with Gasteiger partial charge in [-0.1, -0.05) is 6.07 Å². The Kier molecular flexibility index (Phi) is 5.17. The number of ketones is 1. The van der Waals surface area contributed by atoms with Crippen molar-refractivity contribution in [3.63, 3.8) is 0 Å². The molecule has 2 heterocycles. The van der Waals surface area contributed by atoms with Gasteiger partial charge in [-0.05, 0) is 51.2 Å². The van der Waals surface area contributed by atoms with E-state index in [2.05, 4.69) is 0 Å². The first-order valence-corrected chi connectivity index (χ1v) is 8.91. The normalized spacial score (nSPS) is 19.4. The summed E-state index contributed by atoms with van der Waals surface area (Å²) in [5, 5.41) is 0. The van der Waals surface area contributed by atoms with Crippen LogP contribution in [0, 0.1) is 11.7 Å². The zero-order valence-corrected chi connectivity index (χ0v) is 14.3. The maximum Gasteiger partial charge on any atom is 0.225 e. The highest BCUT2D eigenvalue weighted by atomic mass is 19.1. The molecular formula is C19H25FN2O2. The van der Waals surface area contributed by atoms with Gasteiger partial charge in [-0.25, -0.2) is 4.39 Å². The number of carbonyl (C=O) groups is 2. The minimum Gasteiger partial charge on any atom is -0.371 e. The Morgan fingerprint density at radius 3 is 2.33 bits per heavy atom. The van der Waals surface area contributed by atoms with E-state index < -0.39 is 5.82 Å². The summed E-state index contributed by atoms with van der Waals surface area (Å²) >= 11 is 0. The Bertz CT molecular complexity index is 618. The molecule has 1 aromatic carbocycles. The van der Waals surface area contributed by atoms with Crippen LogP contribution in [-0.4, -0.2) is 42.8 Å². The number of benzene rings is 1. The fourth-order valence-corrected chi connectivity index (χ4v) is 3.86. The van der Waals surface area contributed by atoms with E-state index in [-0.39, 0.29) is 23.2 Å². The van der Waals surface area contributed by atoms with Crippen molar-refractivity contribution in [1.82, 2.24) is 4.90 Å². The number of piperidine rings is 2. The second-order valence-corrected chi connectivity index (χ2v) is 6.84. The van der Waals surface area contributed by atoms with Crippen molar-refractivity contribution in [2.75, 3.05) is 31.1 Å². The number of hydrogen-bond acceptors (Lipinski definition) is 3. The number of Topliss-reactive ketones (excluding diaryl/α,β-unsaturated/α-hetero) is 1. The van der Waals surface area contributed by atoms with Crippen LogP contribution >= 0.6 is 0 Å². The number of halogens is 1. The van der Waals surface area contributed by atoms with Crippen LogP contribution in [0.1, 0.15) is 49.4 Å². The lowest BCUT2D eigenvalue weighted by Crippen LogP contribution is -2.44. The van der Waals surface area contributed by atoms with Crippen LogP contribution in [0.15, 0.2) is 18.2 Å². The van der Waals surface area contributed by atoms with Crippen molar-refractivity contribution in [2.24, 2.45) is 5.92 Å². The van der Waals surface area contributed by atoms with Gasteiger partial charge in [0.2, 0.25) is 5.91 Å². The van der Waals surface area contributed by atoms with Gasteiger partial charge in [0.05, 0.1) is 11.3 Å². The molecule has 2 aliphatic heterocycles. The van der Waals surface area contributed by atoms with Crippen LogP contribution in [0.2, 0.25) is 0 Å². The van der Waals surface area contributed by atoms with Crippen molar-refractivity contribution in [2.45, 2.75) is 39.0 Å². The lowest BCUT2D eigenvalue weighted by molar-refractivity contribution is -0.137. The van der Waals surface area contributed by atoms with Crippen molar-refractivity contribution in [3.05, 3.63) is 29.6 Å². The third-order valence-electron chi connectivity index (χ3n) is 5.20. The Hall–Kier alpha value is -1.91. The summed E-state index contributed by atoms with van der Waals surface area (Å²) in [6.45, 7) is 4.55. The number of nitrogens with zero attached hydrogens (tertiary/aromatic N) is 2. The molecule has 0 radical (unpaired) electrons. The second-order valence-electron chi connectivity index (χ2n) is 6.84. The van der Waals surface area contributed by atoms with Gasteiger partial charge in [-0.2, -0.15) is 0 Å². The summed E-state index contributed by atoms with van der Waals surface area (Å²) in [5.41, 5.74) is 0.824. The molecule has 2 aliphatic rings. The number of carbonyl (C=O) groups excluding carboxylic acids is 2. The molecule has 0 saturated carbocycles. The Morgan fingerprint density at radius 1 is 1.04 bits per heavy atom. The zero-order chi connectivity index (χ0) is 17.1. The molecule has 1 amide bonds. The smallest absolute Gasteiger partial charge is 0.225 e. The summed E-state index contributed by atoms with van der Waals surface area (Å²) in [4.78, 5) is 28.4. The van der Waals surface area contributed by atoms with E-state index in [1.807, 2.05) is 9.80 Å². The summed E-state index contributed by atoms with van der Waals surface area (Å²) in [5.74, 6) is -0.379. The van der Waals surface area contributed by atoms with Gasteiger partial charge in [0.25, 0.3) is 0 Å². The number of rotatable bonds is 3. The second kappa shape index (κ2) is 7.32. The SMILES string of the molecule is CC(=O)c1c(F)cccc1N1CCC(C(=O)N2CCCCC2)CC1. The minimum absolute atomic E-state index is 0.0636. The maximum atomic E-state index is 14.0. The van der Waals surface area contributed by atoms with E-state index in [0.717, 1.165) is 38.8 Å². The molecule has 0 bridgehead atoms. The summed E-state index contributed by atoms with van der Waals surface area (Å²) in [6.07, 6.45) is 4.97. The quantitative estimate of drug-likeness (QED) is 0.798. The molecule has 0 spiro atoms. The predicted molar refractivity (Wildman–Crippen MR) is 91.8 cm³/mol. The Morgan fingerprint density at radius 2 is 1.71 bits per heavy atom. The average molecular weight is 332 g/mol. The van der Waals surface area contributed by atoms with Gasteiger partial charge in [0, 0.05) is 32.1 Å². The highest BCUT2D eigenvalue weighted by Crippen LogP contribution is 2.29. The number of hydrogen-bond donors (Lipinski definition) is 0. The Balaban J connectivity index is 1.66. The molecule has 0 N–H and O–H groups in total. The van der Waals surface area contributed by atoms with E-state index in [1.54, 1.807) is 12.1 Å². The topological polar surface area (TPSA) is 40.6 Å². The summed E-state index contributed by atoms with van der Waals surface area (Å²) in [7, 11) is 0. The van der Waals surface area contributed by atoms with Crippen LogP contribution in [0.4, 0.5) is 10.1 Å². The molecule has 4 nitrogen and oxygen atoms in total. The molecule has 2 saturated heterocycles. The van der Waals surface area contributed by atoms with E-state index >= 15 is 0 Å². The van der Waals surface area contributed by atoms with Gasteiger partial charge >= 0.3 is 0 Å². The number of amides is 1. The lowest BCUT2D eigenvalue weighted by Gasteiger charge is -2.37. The van der Waals surface area contributed by atoms with E-state index in [0.29, 0.717) is 18.8 Å². The predicted octanol–water partition coefficient (Wildman–Crippen LogP) is 3.26. The molecule has 5 heteroatoms. The van der Waals surface area contributed by atoms with Crippen LogP contribution in [0.3, 0.4) is 0 Å². The monoisotopic (exact) mass is 332 g/mol. The number of anilines is 1. The third-order valence-corrected chi connectivity index (χ3v) is 5.20. The van der Waals surface area contributed by atoms with Gasteiger partial charge < -0.3 is 9.80 Å². The van der Waals surface area contributed by atoms with Crippen molar-refractivity contribution in [3.8, 4) is 0 Å². The first kappa shape index (κ1) is 16.9. The Labute approximate surface area is 142 Å². The van der Waals surface area contributed by atoms with Crippen LogP contribution < -0.4 is 4.90 Å². The highest BCUT2D eigenvalue weighted by molar-refractivity contribution is 6.00. The molecule has 0 unspecified atom stereocenters. The average Bonchev–Trinajstić information content (AvgIpc) is 2.61. The molecule has 0 atom stereocenters. The summed E-state index contributed by atoms with van der Waals surface area (Å²) < 4.78 is 14.0.